The van der Waals surface area contributed by atoms with Crippen molar-refractivity contribution in [3.05, 3.63) is 11.3 Å². The normalized spacial score (nSPS) is 21.7. The lowest BCUT2D eigenvalue weighted by molar-refractivity contribution is 0.292. The summed E-state index contributed by atoms with van der Waals surface area (Å²) in [5.74, 6) is 0.962. The number of hydrogen-bond donors (Lipinski definition) is 1. The highest BCUT2D eigenvalue weighted by atomic mass is 15.3. The molecule has 3 rings (SSSR count). The van der Waals surface area contributed by atoms with Crippen LogP contribution in [-0.2, 0) is 12.8 Å². The Balaban J connectivity index is 2.00. The molecule has 1 heterocycles. The van der Waals surface area contributed by atoms with Crippen molar-refractivity contribution in [1.82, 2.24) is 9.78 Å². The van der Waals surface area contributed by atoms with Crippen LogP contribution in [0.1, 0.15) is 49.4 Å². The second-order valence-electron chi connectivity index (χ2n) is 4.55. The Bertz CT molecular complexity index is 350. The van der Waals surface area contributed by atoms with Gasteiger partial charge in [0.25, 0.3) is 0 Å². The lowest BCUT2D eigenvalue weighted by atomic mass is 9.93. The lowest BCUT2D eigenvalue weighted by Crippen LogP contribution is -2.20. The Kier molecular flexibility index (Phi) is 1.79. The molecule has 76 valence electrons. The van der Waals surface area contributed by atoms with Crippen LogP contribution in [0.4, 0.5) is 5.82 Å². The van der Waals surface area contributed by atoms with Gasteiger partial charge in [-0.3, -0.25) is 0 Å². The highest BCUT2D eigenvalue weighted by molar-refractivity contribution is 5.45. The minimum atomic E-state index is 0.612. The Hall–Kier alpha value is -0.990. The predicted octanol–water partition coefficient (Wildman–Crippen LogP) is 2.07. The zero-order valence-corrected chi connectivity index (χ0v) is 8.50. The number of nitrogens with two attached hydrogens (primary N) is 1. The quantitative estimate of drug-likeness (QED) is 0.738. The molecule has 0 amide bonds. The first-order valence-electron chi connectivity index (χ1n) is 5.72. The zero-order valence-electron chi connectivity index (χ0n) is 8.50. The van der Waals surface area contributed by atoms with Crippen molar-refractivity contribution in [3.63, 3.8) is 0 Å². The van der Waals surface area contributed by atoms with Gasteiger partial charge in [-0.2, -0.15) is 5.10 Å². The van der Waals surface area contributed by atoms with Gasteiger partial charge >= 0.3 is 0 Å². The molecule has 2 aliphatic rings. The lowest BCUT2D eigenvalue weighted by Gasteiger charge is -2.26. The molecular formula is C11H17N3. The van der Waals surface area contributed by atoms with E-state index in [-0.39, 0.29) is 0 Å². The average molecular weight is 191 g/mol. The second kappa shape index (κ2) is 3.01. The van der Waals surface area contributed by atoms with Crippen LogP contribution < -0.4 is 5.73 Å². The van der Waals surface area contributed by atoms with Crippen LogP contribution in [0.3, 0.4) is 0 Å². The minimum Gasteiger partial charge on any atom is -0.384 e. The van der Waals surface area contributed by atoms with E-state index >= 15 is 0 Å². The maximum absolute atomic E-state index is 6.13. The summed E-state index contributed by atoms with van der Waals surface area (Å²) in [6.45, 7) is 0. The molecule has 3 heteroatoms. The predicted molar refractivity (Wildman–Crippen MR) is 56.2 cm³/mol. The van der Waals surface area contributed by atoms with Crippen molar-refractivity contribution < 1.29 is 0 Å². The van der Waals surface area contributed by atoms with Crippen molar-refractivity contribution in [1.29, 1.82) is 0 Å². The fourth-order valence-electron chi connectivity index (χ4n) is 2.51. The van der Waals surface area contributed by atoms with Crippen LogP contribution in [0.15, 0.2) is 0 Å². The van der Waals surface area contributed by atoms with E-state index in [1.807, 2.05) is 0 Å². The molecule has 0 atom stereocenters. The Morgan fingerprint density at radius 2 is 1.93 bits per heavy atom. The summed E-state index contributed by atoms with van der Waals surface area (Å²) < 4.78 is 2.10. The van der Waals surface area contributed by atoms with Crippen molar-refractivity contribution >= 4 is 5.82 Å². The molecule has 0 unspecified atom stereocenters. The fourth-order valence-corrected chi connectivity index (χ4v) is 2.51. The summed E-state index contributed by atoms with van der Waals surface area (Å²) in [4.78, 5) is 0. The first kappa shape index (κ1) is 8.33. The molecular weight excluding hydrogens is 174 g/mol. The molecule has 0 bridgehead atoms. The van der Waals surface area contributed by atoms with E-state index in [4.69, 9.17) is 5.73 Å². The van der Waals surface area contributed by atoms with Gasteiger partial charge < -0.3 is 5.73 Å². The van der Waals surface area contributed by atoms with E-state index in [0.29, 0.717) is 6.04 Å². The number of anilines is 1. The third-order valence-corrected chi connectivity index (χ3v) is 3.64. The first-order valence-corrected chi connectivity index (χ1v) is 5.72. The van der Waals surface area contributed by atoms with Gasteiger partial charge in [-0.15, -0.1) is 0 Å². The van der Waals surface area contributed by atoms with Crippen LogP contribution in [0.2, 0.25) is 0 Å². The third kappa shape index (κ3) is 1.08. The maximum Gasteiger partial charge on any atom is 0.125 e. The largest absolute Gasteiger partial charge is 0.384 e. The molecule has 0 saturated heterocycles. The van der Waals surface area contributed by atoms with E-state index < -0.39 is 0 Å². The SMILES string of the molecule is Nc1c2c(nn1C1CCC1)CCCC2. The Morgan fingerprint density at radius 3 is 2.57 bits per heavy atom. The van der Waals surface area contributed by atoms with Gasteiger partial charge in [-0.25, -0.2) is 4.68 Å². The van der Waals surface area contributed by atoms with Crippen molar-refractivity contribution in [3.8, 4) is 0 Å². The molecule has 3 nitrogen and oxygen atoms in total. The van der Waals surface area contributed by atoms with E-state index in [1.54, 1.807) is 0 Å². The smallest absolute Gasteiger partial charge is 0.125 e. The van der Waals surface area contributed by atoms with Gasteiger partial charge in [0.15, 0.2) is 0 Å². The highest BCUT2D eigenvalue weighted by Gasteiger charge is 2.26. The standard InChI is InChI=1S/C11H17N3/c12-11-9-6-1-2-7-10(9)13-14(11)8-4-3-5-8/h8H,1-7,12H2. The second-order valence-corrected chi connectivity index (χ2v) is 4.55. The number of aryl methyl sites for hydroxylation is 1. The number of nitrogens with zero attached hydrogens (tertiary/aromatic N) is 2. The van der Waals surface area contributed by atoms with Gasteiger partial charge in [0.1, 0.15) is 5.82 Å². The summed E-state index contributed by atoms with van der Waals surface area (Å²) in [7, 11) is 0. The van der Waals surface area contributed by atoms with Gasteiger partial charge in [-0.05, 0) is 44.9 Å². The monoisotopic (exact) mass is 191 g/mol. The molecule has 0 spiro atoms. The van der Waals surface area contributed by atoms with Gasteiger partial charge in [-0.1, -0.05) is 0 Å². The third-order valence-electron chi connectivity index (χ3n) is 3.64. The van der Waals surface area contributed by atoms with Crippen LogP contribution >= 0.6 is 0 Å². The van der Waals surface area contributed by atoms with E-state index in [1.165, 1.54) is 43.4 Å². The summed E-state index contributed by atoms with van der Waals surface area (Å²) in [6.07, 6.45) is 8.74. The van der Waals surface area contributed by atoms with Crippen LogP contribution in [0, 0.1) is 0 Å². The summed E-state index contributed by atoms with van der Waals surface area (Å²) in [5, 5.41) is 4.66. The molecule has 1 aromatic heterocycles. The topological polar surface area (TPSA) is 43.8 Å². The molecule has 2 aliphatic carbocycles. The molecule has 0 radical (unpaired) electrons. The first-order chi connectivity index (χ1) is 6.86. The summed E-state index contributed by atoms with van der Waals surface area (Å²) >= 11 is 0. The van der Waals surface area contributed by atoms with Crippen molar-refractivity contribution in [2.75, 3.05) is 5.73 Å². The average Bonchev–Trinajstić information content (AvgIpc) is 2.43. The number of aromatic nitrogens is 2. The van der Waals surface area contributed by atoms with E-state index in [0.717, 1.165) is 18.7 Å². The number of nitrogen functional groups attached to an aromatic ring is 1. The molecule has 14 heavy (non-hydrogen) atoms. The zero-order chi connectivity index (χ0) is 9.54. The fraction of sp³-hybridized carbons (Fsp3) is 0.727. The maximum atomic E-state index is 6.13. The van der Waals surface area contributed by atoms with Crippen molar-refractivity contribution in [2.45, 2.75) is 51.0 Å². The molecule has 0 aromatic carbocycles. The van der Waals surface area contributed by atoms with E-state index in [9.17, 15) is 0 Å². The van der Waals surface area contributed by atoms with Crippen LogP contribution in [0.25, 0.3) is 0 Å². The number of rotatable bonds is 1. The highest BCUT2D eigenvalue weighted by Crippen LogP contribution is 2.36. The van der Waals surface area contributed by atoms with Crippen LogP contribution in [0.5, 0.6) is 0 Å². The molecule has 2 N–H and O–H groups in total. The van der Waals surface area contributed by atoms with Gasteiger partial charge in [0.2, 0.25) is 0 Å². The summed E-state index contributed by atoms with van der Waals surface area (Å²) in [6, 6.07) is 0.612. The Labute approximate surface area is 84.3 Å². The number of fused-ring (bicyclic) bond motifs is 1. The Morgan fingerprint density at radius 1 is 1.14 bits per heavy atom. The number of hydrogen-bond acceptors (Lipinski definition) is 2. The van der Waals surface area contributed by atoms with E-state index in [2.05, 4.69) is 9.78 Å². The van der Waals surface area contributed by atoms with Crippen LogP contribution in [-0.4, -0.2) is 9.78 Å². The van der Waals surface area contributed by atoms with Crippen molar-refractivity contribution in [2.24, 2.45) is 0 Å². The van der Waals surface area contributed by atoms with Gasteiger partial charge in [0, 0.05) is 5.56 Å². The van der Waals surface area contributed by atoms with Gasteiger partial charge in [0.05, 0.1) is 11.7 Å². The molecule has 1 saturated carbocycles. The molecule has 1 fully saturated rings. The molecule has 0 aliphatic heterocycles. The minimum absolute atomic E-state index is 0.612. The summed E-state index contributed by atoms with van der Waals surface area (Å²) in [5.41, 5.74) is 8.76. The molecule has 1 aromatic rings.